The standard InChI is InChI=1S/C12H20BrNO/c1-12(2,7-13)14(3)11(15)10-5-8-4-9(8)6-10/h8-10H,4-7H2,1-3H3. The molecule has 0 aromatic heterocycles. The van der Waals surface area contributed by atoms with Gasteiger partial charge >= 0.3 is 0 Å². The second-order valence-electron chi connectivity index (χ2n) is 5.77. The van der Waals surface area contributed by atoms with Crippen molar-refractivity contribution in [1.82, 2.24) is 4.90 Å². The van der Waals surface area contributed by atoms with Crippen LogP contribution in [0.25, 0.3) is 0 Å². The highest BCUT2D eigenvalue weighted by Gasteiger charge is 2.49. The Labute approximate surface area is 101 Å². The molecule has 15 heavy (non-hydrogen) atoms. The molecule has 2 nitrogen and oxygen atoms in total. The number of hydrogen-bond donors (Lipinski definition) is 0. The Hall–Kier alpha value is -0.0500. The van der Waals surface area contributed by atoms with E-state index in [9.17, 15) is 4.79 Å². The van der Waals surface area contributed by atoms with Gasteiger partial charge in [0.15, 0.2) is 0 Å². The van der Waals surface area contributed by atoms with Gasteiger partial charge in [0.25, 0.3) is 0 Å². The van der Waals surface area contributed by atoms with Gasteiger partial charge < -0.3 is 4.90 Å². The summed E-state index contributed by atoms with van der Waals surface area (Å²) in [7, 11) is 1.94. The Bertz CT molecular complexity index is 267. The molecule has 2 unspecified atom stereocenters. The SMILES string of the molecule is CN(C(=O)C1CC2CC2C1)C(C)(C)CBr. The van der Waals surface area contributed by atoms with Crippen LogP contribution in [0.4, 0.5) is 0 Å². The Morgan fingerprint density at radius 3 is 2.33 bits per heavy atom. The number of alkyl halides is 1. The summed E-state index contributed by atoms with van der Waals surface area (Å²) < 4.78 is 0. The van der Waals surface area contributed by atoms with Gasteiger partial charge in [-0.2, -0.15) is 0 Å². The third kappa shape index (κ3) is 2.08. The number of carbonyl (C=O) groups is 1. The molecule has 2 aliphatic rings. The van der Waals surface area contributed by atoms with Crippen molar-refractivity contribution in [3.63, 3.8) is 0 Å². The number of fused-ring (bicyclic) bond motifs is 1. The molecule has 86 valence electrons. The maximum Gasteiger partial charge on any atom is 0.225 e. The maximum absolute atomic E-state index is 12.2. The zero-order valence-electron chi connectivity index (χ0n) is 9.79. The molecule has 0 N–H and O–H groups in total. The van der Waals surface area contributed by atoms with E-state index in [-0.39, 0.29) is 5.54 Å². The predicted octanol–water partition coefficient (Wildman–Crippen LogP) is 2.66. The van der Waals surface area contributed by atoms with Crippen LogP contribution in [0.3, 0.4) is 0 Å². The molecule has 3 heteroatoms. The van der Waals surface area contributed by atoms with Crippen molar-refractivity contribution in [2.75, 3.05) is 12.4 Å². The first-order valence-corrected chi connectivity index (χ1v) is 6.91. The van der Waals surface area contributed by atoms with Crippen LogP contribution in [-0.4, -0.2) is 28.7 Å². The van der Waals surface area contributed by atoms with Gasteiger partial charge in [-0.15, -0.1) is 0 Å². The first-order valence-electron chi connectivity index (χ1n) is 5.79. The fourth-order valence-electron chi connectivity index (χ4n) is 2.58. The van der Waals surface area contributed by atoms with Gasteiger partial charge in [0, 0.05) is 23.8 Å². The van der Waals surface area contributed by atoms with Crippen LogP contribution in [0.2, 0.25) is 0 Å². The van der Waals surface area contributed by atoms with E-state index in [0.29, 0.717) is 11.8 Å². The lowest BCUT2D eigenvalue weighted by Crippen LogP contribution is -2.48. The van der Waals surface area contributed by atoms with Crippen LogP contribution in [0, 0.1) is 17.8 Å². The zero-order chi connectivity index (χ0) is 11.2. The van der Waals surface area contributed by atoms with Crippen molar-refractivity contribution < 1.29 is 4.79 Å². The monoisotopic (exact) mass is 273 g/mol. The lowest BCUT2D eigenvalue weighted by Gasteiger charge is -2.36. The summed E-state index contributed by atoms with van der Waals surface area (Å²) in [6, 6.07) is 0. The molecule has 0 aromatic rings. The Morgan fingerprint density at radius 1 is 1.33 bits per heavy atom. The minimum atomic E-state index is -0.0656. The topological polar surface area (TPSA) is 20.3 Å². The summed E-state index contributed by atoms with van der Waals surface area (Å²) in [5, 5.41) is 0.835. The van der Waals surface area contributed by atoms with Gasteiger partial charge in [-0.1, -0.05) is 15.9 Å². The van der Waals surface area contributed by atoms with Crippen LogP contribution >= 0.6 is 15.9 Å². The molecule has 0 aliphatic heterocycles. The van der Waals surface area contributed by atoms with Crippen molar-refractivity contribution in [1.29, 1.82) is 0 Å². The lowest BCUT2D eigenvalue weighted by molar-refractivity contribution is -0.138. The van der Waals surface area contributed by atoms with Gasteiger partial charge in [0.05, 0.1) is 0 Å². The molecule has 0 bridgehead atoms. The fourth-order valence-corrected chi connectivity index (χ4v) is 2.95. The third-order valence-electron chi connectivity index (χ3n) is 4.16. The van der Waals surface area contributed by atoms with Gasteiger partial charge in [-0.05, 0) is 44.9 Å². The molecule has 0 heterocycles. The van der Waals surface area contributed by atoms with Crippen molar-refractivity contribution in [3.8, 4) is 0 Å². The molecule has 0 radical (unpaired) electrons. The van der Waals surface area contributed by atoms with E-state index in [4.69, 9.17) is 0 Å². The van der Waals surface area contributed by atoms with E-state index in [1.807, 2.05) is 11.9 Å². The molecule has 2 atom stereocenters. The van der Waals surface area contributed by atoms with Crippen LogP contribution < -0.4 is 0 Å². The molecule has 2 aliphatic carbocycles. The Kier molecular flexibility index (Phi) is 2.87. The zero-order valence-corrected chi connectivity index (χ0v) is 11.4. The van der Waals surface area contributed by atoms with Crippen LogP contribution in [0.1, 0.15) is 33.1 Å². The van der Waals surface area contributed by atoms with E-state index >= 15 is 0 Å². The summed E-state index contributed by atoms with van der Waals surface area (Å²) in [4.78, 5) is 14.1. The maximum atomic E-state index is 12.2. The second-order valence-corrected chi connectivity index (χ2v) is 6.33. The van der Waals surface area contributed by atoms with Gasteiger partial charge in [-0.3, -0.25) is 4.79 Å². The first-order chi connectivity index (χ1) is 6.95. The average Bonchev–Trinajstić information content (AvgIpc) is 2.83. The number of halogens is 1. The number of rotatable bonds is 3. The molecule has 2 fully saturated rings. The second kappa shape index (κ2) is 3.76. The molecular weight excluding hydrogens is 254 g/mol. The van der Waals surface area contributed by atoms with Crippen molar-refractivity contribution in [3.05, 3.63) is 0 Å². The Morgan fingerprint density at radius 2 is 1.87 bits per heavy atom. The summed E-state index contributed by atoms with van der Waals surface area (Å²) in [6.07, 6.45) is 3.67. The van der Waals surface area contributed by atoms with E-state index < -0.39 is 0 Å². The number of amides is 1. The minimum Gasteiger partial charge on any atom is -0.340 e. The molecule has 0 aromatic carbocycles. The molecule has 2 saturated carbocycles. The quantitative estimate of drug-likeness (QED) is 0.724. The van der Waals surface area contributed by atoms with E-state index in [0.717, 1.165) is 30.0 Å². The van der Waals surface area contributed by atoms with Crippen LogP contribution in [-0.2, 0) is 4.79 Å². The molecule has 0 saturated heterocycles. The summed E-state index contributed by atoms with van der Waals surface area (Å²) >= 11 is 3.48. The van der Waals surface area contributed by atoms with Gasteiger partial charge in [0.1, 0.15) is 0 Å². The highest BCUT2D eigenvalue weighted by molar-refractivity contribution is 9.09. The Balaban J connectivity index is 1.95. The van der Waals surface area contributed by atoms with Gasteiger partial charge in [0.2, 0.25) is 5.91 Å². The smallest absolute Gasteiger partial charge is 0.225 e. The summed E-state index contributed by atoms with van der Waals surface area (Å²) in [5.74, 6) is 2.45. The van der Waals surface area contributed by atoms with Crippen molar-refractivity contribution >= 4 is 21.8 Å². The van der Waals surface area contributed by atoms with Crippen molar-refractivity contribution in [2.24, 2.45) is 17.8 Å². The van der Waals surface area contributed by atoms with E-state index in [1.54, 1.807) is 0 Å². The minimum absolute atomic E-state index is 0.0656. The highest BCUT2D eigenvalue weighted by Crippen LogP contribution is 2.54. The largest absolute Gasteiger partial charge is 0.340 e. The van der Waals surface area contributed by atoms with Gasteiger partial charge in [-0.25, -0.2) is 0 Å². The van der Waals surface area contributed by atoms with Crippen LogP contribution in [0.5, 0.6) is 0 Å². The molecule has 0 spiro atoms. The summed E-state index contributed by atoms with van der Waals surface area (Å²) in [5.41, 5.74) is -0.0656. The molecule has 1 amide bonds. The van der Waals surface area contributed by atoms with E-state index in [1.165, 1.54) is 6.42 Å². The number of nitrogens with zero attached hydrogens (tertiary/aromatic N) is 1. The fraction of sp³-hybridized carbons (Fsp3) is 0.917. The van der Waals surface area contributed by atoms with Crippen LogP contribution in [0.15, 0.2) is 0 Å². The number of hydrogen-bond acceptors (Lipinski definition) is 1. The van der Waals surface area contributed by atoms with Crippen molar-refractivity contribution in [2.45, 2.75) is 38.6 Å². The molecular formula is C12H20BrNO. The summed E-state index contributed by atoms with van der Waals surface area (Å²) in [6.45, 7) is 4.21. The first kappa shape index (κ1) is 11.4. The number of carbonyl (C=O) groups excluding carboxylic acids is 1. The predicted molar refractivity (Wildman–Crippen MR) is 65.0 cm³/mol. The third-order valence-corrected chi connectivity index (χ3v) is 5.53. The van der Waals surface area contributed by atoms with E-state index in [2.05, 4.69) is 29.8 Å². The highest BCUT2D eigenvalue weighted by atomic mass is 79.9. The lowest BCUT2D eigenvalue weighted by atomic mass is 9.98. The normalized spacial score (nSPS) is 33.7. The average molecular weight is 274 g/mol. The molecule has 2 rings (SSSR count).